The summed E-state index contributed by atoms with van der Waals surface area (Å²) in [5.74, 6) is 2.99. The number of pyridine rings is 1. The zero-order chi connectivity index (χ0) is 17.6. The molecule has 0 aliphatic heterocycles. The number of imidazole rings is 1. The lowest BCUT2D eigenvalue weighted by Crippen LogP contribution is -2.40. The van der Waals surface area contributed by atoms with Crippen LogP contribution in [0, 0.1) is 17.8 Å². The van der Waals surface area contributed by atoms with E-state index in [1.807, 2.05) is 29.7 Å². The van der Waals surface area contributed by atoms with Crippen molar-refractivity contribution in [2.45, 2.75) is 52.0 Å². The number of fused-ring (bicyclic) bond motifs is 3. The summed E-state index contributed by atoms with van der Waals surface area (Å²) in [5, 5.41) is 3.27. The third kappa shape index (κ3) is 2.70. The number of ether oxygens (including phenoxy) is 1. The van der Waals surface area contributed by atoms with Crippen LogP contribution in [-0.4, -0.2) is 28.4 Å². The quantitative estimate of drug-likeness (QED) is 0.906. The average Bonchev–Trinajstić information content (AvgIpc) is 3.33. The van der Waals surface area contributed by atoms with Crippen LogP contribution in [0.1, 0.15) is 55.7 Å². The van der Waals surface area contributed by atoms with Crippen molar-refractivity contribution in [2.24, 2.45) is 17.8 Å². The number of hydrogen-bond acceptors (Lipinski definition) is 3. The van der Waals surface area contributed by atoms with E-state index in [0.29, 0.717) is 23.0 Å². The minimum atomic E-state index is -0.0205. The molecule has 4 rings (SSSR count). The van der Waals surface area contributed by atoms with Crippen molar-refractivity contribution in [3.63, 3.8) is 0 Å². The molecule has 0 radical (unpaired) electrons. The maximum absolute atomic E-state index is 13.1. The summed E-state index contributed by atoms with van der Waals surface area (Å²) in [6, 6.07) is 3.98. The van der Waals surface area contributed by atoms with Crippen molar-refractivity contribution in [3.05, 3.63) is 29.7 Å². The van der Waals surface area contributed by atoms with Crippen LogP contribution in [0.2, 0.25) is 0 Å². The first-order valence-corrected chi connectivity index (χ1v) is 9.47. The van der Waals surface area contributed by atoms with Crippen molar-refractivity contribution in [1.29, 1.82) is 0 Å². The van der Waals surface area contributed by atoms with Gasteiger partial charge in [0, 0.05) is 12.2 Å². The number of methoxy groups -OCH3 is 1. The van der Waals surface area contributed by atoms with Crippen LogP contribution in [-0.2, 0) is 6.42 Å². The van der Waals surface area contributed by atoms with Gasteiger partial charge in [0.05, 0.1) is 12.8 Å². The van der Waals surface area contributed by atoms with Crippen LogP contribution in [0.15, 0.2) is 18.3 Å². The van der Waals surface area contributed by atoms with Crippen LogP contribution < -0.4 is 10.1 Å². The van der Waals surface area contributed by atoms with Crippen LogP contribution in [0.25, 0.3) is 5.65 Å². The zero-order valence-corrected chi connectivity index (χ0v) is 15.3. The van der Waals surface area contributed by atoms with Gasteiger partial charge in [0.25, 0.3) is 5.91 Å². The Bertz CT molecular complexity index is 798. The molecule has 2 fully saturated rings. The van der Waals surface area contributed by atoms with Gasteiger partial charge in [-0.3, -0.25) is 9.20 Å². The predicted molar refractivity (Wildman–Crippen MR) is 97.0 cm³/mol. The monoisotopic (exact) mass is 341 g/mol. The lowest BCUT2D eigenvalue weighted by Gasteiger charge is -2.28. The maximum atomic E-state index is 13.1. The van der Waals surface area contributed by atoms with Crippen molar-refractivity contribution in [1.82, 2.24) is 14.7 Å². The van der Waals surface area contributed by atoms with Gasteiger partial charge in [0.1, 0.15) is 5.69 Å². The number of nitrogens with one attached hydrogen (secondary N) is 1. The molecule has 1 amide bonds. The van der Waals surface area contributed by atoms with E-state index in [0.717, 1.165) is 24.0 Å². The molecule has 4 atom stereocenters. The van der Waals surface area contributed by atoms with Crippen molar-refractivity contribution in [2.75, 3.05) is 7.11 Å². The van der Waals surface area contributed by atoms with Gasteiger partial charge in [0.15, 0.2) is 11.4 Å². The molecule has 0 spiro atoms. The Kier molecular flexibility index (Phi) is 4.18. The second-order valence-corrected chi connectivity index (χ2v) is 7.63. The van der Waals surface area contributed by atoms with Gasteiger partial charge in [-0.1, -0.05) is 13.3 Å². The largest absolute Gasteiger partial charge is 0.493 e. The van der Waals surface area contributed by atoms with E-state index in [-0.39, 0.29) is 11.9 Å². The van der Waals surface area contributed by atoms with Crippen molar-refractivity contribution >= 4 is 11.6 Å². The highest BCUT2D eigenvalue weighted by atomic mass is 16.5. The molecule has 5 heteroatoms. The third-order valence-corrected chi connectivity index (χ3v) is 6.25. The second kappa shape index (κ2) is 6.36. The number of hydrogen-bond donors (Lipinski definition) is 1. The average molecular weight is 341 g/mol. The first-order chi connectivity index (χ1) is 12.1. The van der Waals surface area contributed by atoms with Gasteiger partial charge >= 0.3 is 0 Å². The minimum Gasteiger partial charge on any atom is -0.493 e. The van der Waals surface area contributed by atoms with E-state index in [1.165, 1.54) is 25.7 Å². The first-order valence-electron chi connectivity index (χ1n) is 9.47. The summed E-state index contributed by atoms with van der Waals surface area (Å²) < 4.78 is 7.26. The molecule has 2 saturated carbocycles. The van der Waals surface area contributed by atoms with Crippen LogP contribution in [0.4, 0.5) is 0 Å². The molecule has 0 saturated heterocycles. The Hall–Kier alpha value is -2.04. The van der Waals surface area contributed by atoms with E-state index in [1.54, 1.807) is 7.11 Å². The molecule has 4 unspecified atom stereocenters. The standard InChI is InChI=1S/C20H27N3O2/c1-4-16-18(23-9-5-6-17(25-3)19(23)22-16)20(24)21-12(2)15-11-13-7-8-14(15)10-13/h5-6,9,12-15H,4,7-8,10-11H2,1-3H3,(H,21,24). The Morgan fingerprint density at radius 2 is 2.28 bits per heavy atom. The molecule has 0 aromatic carbocycles. The minimum absolute atomic E-state index is 0.0205. The number of aromatic nitrogens is 2. The molecule has 2 bridgehead atoms. The smallest absolute Gasteiger partial charge is 0.270 e. The Balaban J connectivity index is 1.61. The predicted octanol–water partition coefficient (Wildman–Crippen LogP) is 3.46. The zero-order valence-electron chi connectivity index (χ0n) is 15.3. The normalized spacial score (nSPS) is 26.1. The molecule has 2 aromatic rings. The molecule has 2 heterocycles. The molecular formula is C20H27N3O2. The number of amides is 1. The number of carbonyl (C=O) groups is 1. The Morgan fingerprint density at radius 1 is 1.44 bits per heavy atom. The van der Waals surface area contributed by atoms with Crippen LogP contribution >= 0.6 is 0 Å². The molecule has 5 nitrogen and oxygen atoms in total. The number of rotatable bonds is 5. The van der Waals surface area contributed by atoms with Gasteiger partial charge in [-0.05, 0) is 62.5 Å². The summed E-state index contributed by atoms with van der Waals surface area (Å²) >= 11 is 0. The summed E-state index contributed by atoms with van der Waals surface area (Å²) in [6.45, 7) is 4.20. The summed E-state index contributed by atoms with van der Waals surface area (Å²) in [4.78, 5) is 17.7. The van der Waals surface area contributed by atoms with E-state index < -0.39 is 0 Å². The van der Waals surface area contributed by atoms with E-state index in [9.17, 15) is 4.79 Å². The fourth-order valence-corrected chi connectivity index (χ4v) is 5.02. The van der Waals surface area contributed by atoms with Gasteiger partial charge in [0.2, 0.25) is 0 Å². The Labute approximate surface area is 148 Å². The molecule has 2 aliphatic rings. The summed E-state index contributed by atoms with van der Waals surface area (Å²) in [6.07, 6.45) is 7.96. The molecule has 25 heavy (non-hydrogen) atoms. The lowest BCUT2D eigenvalue weighted by molar-refractivity contribution is 0.0908. The van der Waals surface area contributed by atoms with Crippen molar-refractivity contribution in [3.8, 4) is 5.75 Å². The van der Waals surface area contributed by atoms with Gasteiger partial charge in [-0.15, -0.1) is 0 Å². The highest BCUT2D eigenvalue weighted by molar-refractivity contribution is 5.95. The molecule has 2 aromatic heterocycles. The molecular weight excluding hydrogens is 314 g/mol. The van der Waals surface area contributed by atoms with Crippen LogP contribution in [0.5, 0.6) is 5.75 Å². The summed E-state index contributed by atoms with van der Waals surface area (Å²) in [7, 11) is 1.63. The highest BCUT2D eigenvalue weighted by Gasteiger charge is 2.42. The van der Waals surface area contributed by atoms with E-state index in [2.05, 4.69) is 17.2 Å². The summed E-state index contributed by atoms with van der Waals surface area (Å²) in [5.41, 5.74) is 2.17. The lowest BCUT2D eigenvalue weighted by atomic mass is 9.84. The van der Waals surface area contributed by atoms with Crippen LogP contribution in [0.3, 0.4) is 0 Å². The van der Waals surface area contributed by atoms with Gasteiger partial charge in [-0.25, -0.2) is 4.98 Å². The van der Waals surface area contributed by atoms with E-state index in [4.69, 9.17) is 4.74 Å². The third-order valence-electron chi connectivity index (χ3n) is 6.25. The number of aryl methyl sites for hydroxylation is 1. The second-order valence-electron chi connectivity index (χ2n) is 7.63. The number of nitrogens with zero attached hydrogens (tertiary/aromatic N) is 2. The fraction of sp³-hybridized carbons (Fsp3) is 0.600. The molecule has 134 valence electrons. The fourth-order valence-electron chi connectivity index (χ4n) is 5.02. The SMILES string of the molecule is CCc1nc2c(OC)cccn2c1C(=O)NC(C)C1CC2CCC1C2. The first kappa shape index (κ1) is 16.4. The van der Waals surface area contributed by atoms with Gasteiger partial charge < -0.3 is 10.1 Å². The molecule has 1 N–H and O–H groups in total. The topological polar surface area (TPSA) is 55.6 Å². The van der Waals surface area contributed by atoms with E-state index >= 15 is 0 Å². The Morgan fingerprint density at radius 3 is 2.92 bits per heavy atom. The number of carbonyl (C=O) groups excluding carboxylic acids is 1. The molecule has 2 aliphatic carbocycles. The maximum Gasteiger partial charge on any atom is 0.270 e. The van der Waals surface area contributed by atoms with Crippen molar-refractivity contribution < 1.29 is 9.53 Å². The van der Waals surface area contributed by atoms with Gasteiger partial charge in [-0.2, -0.15) is 0 Å². The highest BCUT2D eigenvalue weighted by Crippen LogP contribution is 2.49.